The van der Waals surface area contributed by atoms with Crippen LogP contribution in [0, 0.1) is 6.92 Å². The summed E-state index contributed by atoms with van der Waals surface area (Å²) in [4.78, 5) is 12.6. The van der Waals surface area contributed by atoms with Crippen LogP contribution in [-0.2, 0) is 17.8 Å². The molecule has 0 saturated carbocycles. The van der Waals surface area contributed by atoms with Crippen LogP contribution in [0.2, 0.25) is 0 Å². The van der Waals surface area contributed by atoms with Gasteiger partial charge < -0.3 is 20.4 Å². The van der Waals surface area contributed by atoms with Crippen molar-refractivity contribution >= 4 is 13.6 Å². The number of rotatable bonds is 4. The fraction of sp³-hybridized carbons (Fsp3) is 0.462. The number of carbonyl (C=O) groups is 1. The molecule has 0 unspecified atom stereocenters. The van der Waals surface area contributed by atoms with Gasteiger partial charge in [0.05, 0.1) is 12.3 Å². The number of hydrogen-bond acceptors (Lipinski definition) is 4. The molecule has 1 aromatic carbocycles. The summed E-state index contributed by atoms with van der Waals surface area (Å²) in [6, 6.07) is 6.18. The summed E-state index contributed by atoms with van der Waals surface area (Å²) in [6.45, 7) is 2.91. The molecule has 1 aliphatic heterocycles. The highest BCUT2D eigenvalue weighted by molar-refractivity contribution is 6.64. The zero-order valence-electron chi connectivity index (χ0n) is 10.5. The highest BCUT2D eigenvalue weighted by Crippen LogP contribution is 2.25. The Morgan fingerprint density at radius 2 is 2.39 bits per heavy atom. The molecule has 1 heterocycles. The van der Waals surface area contributed by atoms with Gasteiger partial charge >= 0.3 is 0 Å². The summed E-state index contributed by atoms with van der Waals surface area (Å²) in [5.41, 5.74) is 9.19. The minimum Gasteiger partial charge on any atom is -0.390 e. The lowest BCUT2D eigenvalue weighted by atomic mass is 9.81. The Morgan fingerprint density at radius 1 is 1.61 bits per heavy atom. The summed E-state index contributed by atoms with van der Waals surface area (Å²) in [7, 11) is 1.49. The van der Waals surface area contributed by atoms with Gasteiger partial charge in [-0.15, -0.1) is 0 Å². The zero-order chi connectivity index (χ0) is 13.1. The molecular weight excluding hydrogens is 227 g/mol. The summed E-state index contributed by atoms with van der Waals surface area (Å²) in [6.07, 6.45) is 0.865. The predicted molar refractivity (Wildman–Crippen MR) is 71.8 cm³/mol. The summed E-state index contributed by atoms with van der Waals surface area (Å²) in [5, 5.41) is 9.97. The van der Waals surface area contributed by atoms with Crippen LogP contribution < -0.4 is 5.73 Å². The smallest absolute Gasteiger partial charge is 0.293 e. The maximum atomic E-state index is 10.7. The molecule has 0 spiro atoms. The second-order valence-corrected chi connectivity index (χ2v) is 4.80. The molecule has 2 rings (SSSR count). The van der Waals surface area contributed by atoms with Gasteiger partial charge in [0, 0.05) is 19.1 Å². The maximum absolute atomic E-state index is 10.7. The van der Waals surface area contributed by atoms with Crippen LogP contribution in [-0.4, -0.2) is 42.2 Å². The molecule has 0 bridgehead atoms. The van der Waals surface area contributed by atoms with Crippen LogP contribution >= 0.6 is 0 Å². The third-order valence-corrected chi connectivity index (χ3v) is 3.51. The minimum absolute atomic E-state index is 0.116. The predicted octanol–water partition coefficient (Wildman–Crippen LogP) is -0.149. The molecule has 0 saturated heterocycles. The third kappa shape index (κ3) is 2.63. The van der Waals surface area contributed by atoms with E-state index in [0.29, 0.717) is 6.54 Å². The zero-order valence-corrected chi connectivity index (χ0v) is 10.5. The van der Waals surface area contributed by atoms with E-state index in [-0.39, 0.29) is 12.6 Å². The monoisotopic (exact) mass is 245 g/mol. The normalized spacial score (nSPS) is 21.2. The van der Waals surface area contributed by atoms with E-state index in [1.54, 1.807) is 0 Å². The van der Waals surface area contributed by atoms with Crippen molar-refractivity contribution in [1.29, 1.82) is 0 Å². The molecule has 3 N–H and O–H groups in total. The van der Waals surface area contributed by atoms with Crippen molar-refractivity contribution in [3.63, 3.8) is 0 Å². The third-order valence-electron chi connectivity index (χ3n) is 3.51. The number of nitrogens with zero attached hydrogens (tertiary/aromatic N) is 1. The van der Waals surface area contributed by atoms with Crippen LogP contribution in [0.25, 0.3) is 0 Å². The van der Waals surface area contributed by atoms with E-state index in [1.165, 1.54) is 24.1 Å². The molecule has 18 heavy (non-hydrogen) atoms. The molecule has 2 atom stereocenters. The number of fused-ring (bicyclic) bond motifs is 1. The number of nitrogens with two attached hydrogens (primary N) is 1. The molecule has 5 heteroatoms. The molecule has 4 nitrogen and oxygen atoms in total. The fourth-order valence-electron chi connectivity index (χ4n) is 2.51. The van der Waals surface area contributed by atoms with Gasteiger partial charge in [0.15, 0.2) is 0 Å². The van der Waals surface area contributed by atoms with E-state index in [1.807, 2.05) is 4.81 Å². The molecule has 0 aliphatic carbocycles. The number of benzene rings is 1. The van der Waals surface area contributed by atoms with E-state index >= 15 is 0 Å². The number of aryl methyl sites for hydroxylation is 1. The van der Waals surface area contributed by atoms with Gasteiger partial charge in [-0.1, -0.05) is 23.8 Å². The summed E-state index contributed by atoms with van der Waals surface area (Å²) < 4.78 is 0. The molecule has 1 aromatic rings. The molecule has 95 valence electrons. The molecule has 0 fully saturated rings. The Balaban J connectivity index is 2.28. The Bertz CT molecular complexity index is 439. The van der Waals surface area contributed by atoms with Crippen molar-refractivity contribution in [1.82, 2.24) is 4.81 Å². The fourth-order valence-corrected chi connectivity index (χ4v) is 2.51. The van der Waals surface area contributed by atoms with Crippen molar-refractivity contribution in [2.45, 2.75) is 32.0 Å². The standard InChI is InChI=1S/C13H18BN2O2/c1-9-2-3-10-7-16(14-8-17)12(13(18)6-15)5-11(10)4-9/h2-4,8,12-13,18H,5-7,15H2,1H3/t12-,13+/m0/s1. The SMILES string of the molecule is Cc1ccc2c(c1)C[C@@H]([C@H](O)CN)N([B]C=O)C2. The molecule has 1 aliphatic rings. The Hall–Kier alpha value is -1.17. The Kier molecular flexibility index (Phi) is 4.17. The topological polar surface area (TPSA) is 66.6 Å². The Labute approximate surface area is 108 Å². The van der Waals surface area contributed by atoms with E-state index < -0.39 is 6.10 Å². The van der Waals surface area contributed by atoms with Crippen molar-refractivity contribution in [3.05, 3.63) is 34.9 Å². The van der Waals surface area contributed by atoms with E-state index in [2.05, 4.69) is 25.1 Å². The first-order chi connectivity index (χ1) is 8.65. The quantitative estimate of drug-likeness (QED) is 0.572. The highest BCUT2D eigenvalue weighted by atomic mass is 16.3. The van der Waals surface area contributed by atoms with E-state index in [4.69, 9.17) is 5.73 Å². The second-order valence-electron chi connectivity index (χ2n) is 4.80. The van der Waals surface area contributed by atoms with Gasteiger partial charge in [-0.2, -0.15) is 0 Å². The molecule has 0 amide bonds. The number of aliphatic hydroxyl groups is 1. The van der Waals surface area contributed by atoms with Gasteiger partial charge in [-0.3, -0.25) is 0 Å². The lowest BCUT2D eigenvalue weighted by Gasteiger charge is -2.38. The number of hydrogen-bond donors (Lipinski definition) is 2. The van der Waals surface area contributed by atoms with Gasteiger partial charge in [0.1, 0.15) is 0 Å². The van der Waals surface area contributed by atoms with Crippen LogP contribution in [0.3, 0.4) is 0 Å². The highest BCUT2D eigenvalue weighted by Gasteiger charge is 2.30. The number of aliphatic hydroxyl groups excluding tert-OH is 1. The summed E-state index contributed by atoms with van der Waals surface area (Å²) >= 11 is 0. The van der Waals surface area contributed by atoms with Crippen molar-refractivity contribution < 1.29 is 9.90 Å². The van der Waals surface area contributed by atoms with Crippen LogP contribution in [0.15, 0.2) is 18.2 Å². The first kappa shape index (κ1) is 13.3. The van der Waals surface area contributed by atoms with Gasteiger partial charge in [0.2, 0.25) is 0 Å². The van der Waals surface area contributed by atoms with Crippen LogP contribution in [0.5, 0.6) is 0 Å². The average Bonchev–Trinajstić information content (AvgIpc) is 2.37. The van der Waals surface area contributed by atoms with Crippen molar-refractivity contribution in [2.24, 2.45) is 5.73 Å². The average molecular weight is 245 g/mol. The van der Waals surface area contributed by atoms with E-state index in [9.17, 15) is 9.90 Å². The Morgan fingerprint density at radius 3 is 3.06 bits per heavy atom. The second kappa shape index (κ2) is 5.65. The largest absolute Gasteiger partial charge is 0.390 e. The van der Waals surface area contributed by atoms with Gasteiger partial charge in [0.25, 0.3) is 7.41 Å². The first-order valence-corrected chi connectivity index (χ1v) is 6.16. The van der Waals surface area contributed by atoms with E-state index in [0.717, 1.165) is 12.6 Å². The molecule has 0 aromatic heterocycles. The molecule has 1 radical (unpaired) electrons. The maximum Gasteiger partial charge on any atom is 0.293 e. The van der Waals surface area contributed by atoms with Crippen molar-refractivity contribution in [3.8, 4) is 0 Å². The minimum atomic E-state index is -0.616. The van der Waals surface area contributed by atoms with Crippen LogP contribution in [0.1, 0.15) is 16.7 Å². The lowest BCUT2D eigenvalue weighted by Crippen LogP contribution is -2.51. The number of carbonyl (C=O) groups excluding carboxylic acids is 1. The summed E-state index contributed by atoms with van der Waals surface area (Å²) in [5.74, 6) is 0. The van der Waals surface area contributed by atoms with Gasteiger partial charge in [-0.25, -0.2) is 0 Å². The molecular formula is C13H18BN2O2. The van der Waals surface area contributed by atoms with Crippen LogP contribution in [0.4, 0.5) is 0 Å². The van der Waals surface area contributed by atoms with Gasteiger partial charge in [-0.05, 0) is 24.5 Å². The first-order valence-electron chi connectivity index (χ1n) is 6.16. The lowest BCUT2D eigenvalue weighted by molar-refractivity contribution is 0.0877. The van der Waals surface area contributed by atoms with Crippen molar-refractivity contribution in [2.75, 3.05) is 6.54 Å².